The molecule has 1 atom stereocenters. The minimum absolute atomic E-state index is 0.236. The Labute approximate surface area is 111 Å². The van der Waals surface area contributed by atoms with E-state index in [0.717, 1.165) is 23.8 Å². The number of carboxylic acid groups (broad SMARTS) is 1. The normalized spacial score (nSPS) is 25.6. The molecule has 5 nitrogen and oxygen atoms in total. The molecule has 0 spiro atoms. The molecule has 1 N–H and O–H groups in total. The molecule has 1 unspecified atom stereocenters. The van der Waals surface area contributed by atoms with Gasteiger partial charge in [-0.1, -0.05) is 0 Å². The Morgan fingerprint density at radius 2 is 1.82 bits per heavy atom. The second-order valence-electron chi connectivity index (χ2n) is 4.72. The first-order valence-electron chi connectivity index (χ1n) is 6.19. The van der Waals surface area contributed by atoms with Crippen LogP contribution in [-0.4, -0.2) is 75.4 Å². The van der Waals surface area contributed by atoms with E-state index in [1.807, 2.05) is 4.90 Å². The molecule has 17 heavy (non-hydrogen) atoms. The number of carbonyl (C=O) groups excluding carboxylic acids is 1. The molecule has 2 aliphatic heterocycles. The van der Waals surface area contributed by atoms with E-state index in [0.29, 0.717) is 0 Å². The summed E-state index contributed by atoms with van der Waals surface area (Å²) in [6.45, 7) is 4.62. The number of likely N-dealkylation sites (tertiary alicyclic amines) is 2. The van der Waals surface area contributed by atoms with Gasteiger partial charge in [0.05, 0.1) is 0 Å². The summed E-state index contributed by atoms with van der Waals surface area (Å²) < 4.78 is 0.781. The van der Waals surface area contributed by atoms with Gasteiger partial charge in [0.2, 0.25) is 0 Å². The predicted molar refractivity (Wildman–Crippen MR) is 64.8 cm³/mol. The van der Waals surface area contributed by atoms with Crippen molar-refractivity contribution in [3.63, 3.8) is 0 Å². The molecule has 92 valence electrons. The molecule has 2 heterocycles. The van der Waals surface area contributed by atoms with E-state index in [4.69, 9.17) is 9.90 Å². The Morgan fingerprint density at radius 1 is 1.29 bits per heavy atom. The number of amides is 1. The number of hydrogen-bond donors (Lipinski definition) is 1. The van der Waals surface area contributed by atoms with Crippen molar-refractivity contribution < 1.29 is 14.7 Å². The first kappa shape index (κ1) is 14.6. The second-order valence-corrected chi connectivity index (χ2v) is 4.72. The van der Waals surface area contributed by atoms with E-state index in [1.54, 1.807) is 6.92 Å². The van der Waals surface area contributed by atoms with Crippen molar-refractivity contribution in [2.75, 3.05) is 19.6 Å². The summed E-state index contributed by atoms with van der Waals surface area (Å²) in [7, 11) is 0. The van der Waals surface area contributed by atoms with Gasteiger partial charge in [0.25, 0.3) is 6.47 Å². The van der Waals surface area contributed by atoms with Gasteiger partial charge >= 0.3 is 94.8 Å². The van der Waals surface area contributed by atoms with Crippen LogP contribution in [0.2, 0.25) is 0 Å². The van der Waals surface area contributed by atoms with Crippen molar-refractivity contribution in [1.82, 2.24) is 9.80 Å². The van der Waals surface area contributed by atoms with Crippen molar-refractivity contribution >= 4 is 30.1 Å². The van der Waals surface area contributed by atoms with Gasteiger partial charge in [0.1, 0.15) is 0 Å². The van der Waals surface area contributed by atoms with Gasteiger partial charge in [0.15, 0.2) is 0 Å². The zero-order chi connectivity index (χ0) is 12.8. The SMILES string of the molecule is O=CO.[Li][CH]1CCN1C1CCN(C(C)=O)CC1. The zero-order valence-electron chi connectivity index (χ0n) is 10.6. The summed E-state index contributed by atoms with van der Waals surface area (Å²) >= 11 is 2.31. The fourth-order valence-corrected chi connectivity index (χ4v) is 2.59. The number of carbonyl (C=O) groups is 2. The Balaban J connectivity index is 0.000000437. The molecule has 2 saturated heterocycles. The van der Waals surface area contributed by atoms with E-state index in [-0.39, 0.29) is 12.4 Å². The quantitative estimate of drug-likeness (QED) is 0.508. The average Bonchev–Trinajstić information content (AvgIpc) is 2.29. The number of piperidine rings is 1. The van der Waals surface area contributed by atoms with Crippen LogP contribution < -0.4 is 0 Å². The summed E-state index contributed by atoms with van der Waals surface area (Å²) in [5.41, 5.74) is 0. The van der Waals surface area contributed by atoms with Crippen LogP contribution in [0, 0.1) is 0 Å². The molecule has 6 heteroatoms. The van der Waals surface area contributed by atoms with Gasteiger partial charge in [-0.15, -0.1) is 0 Å². The predicted octanol–water partition coefficient (Wildman–Crippen LogP) is -0.102. The number of hydrogen-bond acceptors (Lipinski definition) is 3. The fourth-order valence-electron chi connectivity index (χ4n) is 2.59. The molecular formula is C11H19LiN2O3. The van der Waals surface area contributed by atoms with E-state index >= 15 is 0 Å². The van der Waals surface area contributed by atoms with Gasteiger partial charge < -0.3 is 5.11 Å². The molecular weight excluding hydrogens is 215 g/mol. The number of rotatable bonds is 1. The first-order valence-corrected chi connectivity index (χ1v) is 6.19. The Bertz CT molecular complexity index is 267. The molecule has 0 radical (unpaired) electrons. The second kappa shape index (κ2) is 7.05. The fraction of sp³-hybridized carbons (Fsp3) is 0.818. The van der Waals surface area contributed by atoms with E-state index in [1.165, 1.54) is 25.8 Å². The molecule has 0 aromatic carbocycles. The third-order valence-corrected chi connectivity index (χ3v) is 3.75. The standard InChI is InChI=1S/C10H17N2O.CH2O2.Li/c1-9(13)11-7-3-10(4-8-11)12-5-2-6-12;2-1-3;/h5,10H,2-4,6-8H2,1H3;1H,(H,2,3);. The van der Waals surface area contributed by atoms with Crippen LogP contribution in [0.3, 0.4) is 0 Å². The molecule has 2 aliphatic rings. The van der Waals surface area contributed by atoms with Crippen molar-refractivity contribution in [2.24, 2.45) is 0 Å². The van der Waals surface area contributed by atoms with Gasteiger partial charge in [-0.05, 0) is 0 Å². The molecule has 0 aromatic rings. The maximum absolute atomic E-state index is 11.1. The van der Waals surface area contributed by atoms with Gasteiger partial charge in [-0.25, -0.2) is 0 Å². The van der Waals surface area contributed by atoms with Crippen molar-refractivity contribution in [3.05, 3.63) is 0 Å². The molecule has 0 bridgehead atoms. The van der Waals surface area contributed by atoms with Crippen LogP contribution in [0.1, 0.15) is 26.2 Å². The Morgan fingerprint density at radius 3 is 2.12 bits per heavy atom. The molecule has 0 saturated carbocycles. The molecule has 2 fully saturated rings. The van der Waals surface area contributed by atoms with E-state index < -0.39 is 0 Å². The molecule has 0 aliphatic carbocycles. The van der Waals surface area contributed by atoms with Crippen LogP contribution in [0.4, 0.5) is 0 Å². The third-order valence-electron chi connectivity index (χ3n) is 3.75. The summed E-state index contributed by atoms with van der Waals surface area (Å²) in [4.78, 5) is 24.1. The average molecular weight is 234 g/mol. The van der Waals surface area contributed by atoms with Crippen molar-refractivity contribution in [2.45, 2.75) is 36.9 Å². The zero-order valence-corrected chi connectivity index (χ0v) is 10.6. The Kier molecular flexibility index (Phi) is 6.04. The van der Waals surface area contributed by atoms with E-state index in [2.05, 4.69) is 22.6 Å². The summed E-state index contributed by atoms with van der Waals surface area (Å²) in [6, 6.07) is 0.745. The third kappa shape index (κ3) is 4.02. The Hall–Kier alpha value is -0.503. The summed E-state index contributed by atoms with van der Waals surface area (Å²) in [5, 5.41) is 6.89. The van der Waals surface area contributed by atoms with Crippen LogP contribution in [0.15, 0.2) is 0 Å². The van der Waals surface area contributed by atoms with Crippen molar-refractivity contribution in [3.8, 4) is 0 Å². The molecule has 1 amide bonds. The minimum atomic E-state index is -0.250. The summed E-state index contributed by atoms with van der Waals surface area (Å²) in [6.07, 6.45) is 3.70. The van der Waals surface area contributed by atoms with E-state index in [9.17, 15) is 4.79 Å². The maximum atomic E-state index is 11.1. The molecule has 0 aromatic heterocycles. The first-order chi connectivity index (χ1) is 8.10. The van der Waals surface area contributed by atoms with Gasteiger partial charge in [-0.3, -0.25) is 4.79 Å². The van der Waals surface area contributed by atoms with Crippen LogP contribution in [0.5, 0.6) is 0 Å². The summed E-state index contributed by atoms with van der Waals surface area (Å²) in [5.74, 6) is 0.236. The molecule has 2 rings (SSSR count). The van der Waals surface area contributed by atoms with Crippen LogP contribution in [0.25, 0.3) is 0 Å². The van der Waals surface area contributed by atoms with Gasteiger partial charge in [-0.2, -0.15) is 0 Å². The topological polar surface area (TPSA) is 60.9 Å². The number of nitrogens with zero attached hydrogens (tertiary/aromatic N) is 2. The monoisotopic (exact) mass is 234 g/mol. The van der Waals surface area contributed by atoms with Gasteiger partial charge in [0, 0.05) is 0 Å². The van der Waals surface area contributed by atoms with Crippen molar-refractivity contribution in [1.29, 1.82) is 0 Å². The van der Waals surface area contributed by atoms with Crippen LogP contribution >= 0.6 is 0 Å². The van der Waals surface area contributed by atoms with Crippen LogP contribution in [-0.2, 0) is 9.59 Å².